The molecule has 0 heterocycles. The number of rotatable bonds is 5. The highest BCUT2D eigenvalue weighted by atomic mass is 14.9. The quantitative estimate of drug-likeness (QED) is 0.680. The van der Waals surface area contributed by atoms with Gasteiger partial charge in [0.25, 0.3) is 0 Å². The third-order valence-electron chi connectivity index (χ3n) is 3.31. The molecule has 2 rings (SSSR count). The summed E-state index contributed by atoms with van der Waals surface area (Å²) in [6.07, 6.45) is 6.01. The van der Waals surface area contributed by atoms with Crippen molar-refractivity contribution in [2.45, 2.75) is 13.8 Å². The Morgan fingerprint density at radius 2 is 1.67 bits per heavy atom. The Bertz CT molecular complexity index is 663. The monoisotopic (exact) mass is 275 g/mol. The molecule has 0 fully saturated rings. The van der Waals surface area contributed by atoms with Crippen LogP contribution in [0.25, 0.3) is 11.1 Å². The van der Waals surface area contributed by atoms with Crippen molar-refractivity contribution < 1.29 is 0 Å². The van der Waals surface area contributed by atoms with Gasteiger partial charge in [0, 0.05) is 16.9 Å². The summed E-state index contributed by atoms with van der Waals surface area (Å²) in [4.78, 5) is 0. The van der Waals surface area contributed by atoms with Gasteiger partial charge in [0.2, 0.25) is 0 Å². The largest absolute Gasteiger partial charge is 0.355 e. The van der Waals surface area contributed by atoms with Gasteiger partial charge in [0.15, 0.2) is 0 Å². The molecule has 21 heavy (non-hydrogen) atoms. The highest BCUT2D eigenvalue weighted by Gasteiger charge is 2.04. The molecule has 0 saturated carbocycles. The Kier molecular flexibility index (Phi) is 5.16. The van der Waals surface area contributed by atoms with Gasteiger partial charge in [-0.2, -0.15) is 0 Å². The van der Waals surface area contributed by atoms with E-state index in [-0.39, 0.29) is 0 Å². The molecule has 1 N–H and O–H groups in total. The average Bonchev–Trinajstić information content (AvgIpc) is 2.55. The molecule has 0 aromatic heterocycles. The number of para-hydroxylation sites is 1. The molecular formula is C20H21N. The van der Waals surface area contributed by atoms with Gasteiger partial charge in [-0.05, 0) is 37.1 Å². The molecule has 106 valence electrons. The van der Waals surface area contributed by atoms with E-state index in [0.717, 1.165) is 17.0 Å². The van der Waals surface area contributed by atoms with Crippen LogP contribution in [0.2, 0.25) is 0 Å². The Morgan fingerprint density at radius 1 is 1.00 bits per heavy atom. The van der Waals surface area contributed by atoms with E-state index in [9.17, 15) is 0 Å². The van der Waals surface area contributed by atoms with Crippen LogP contribution in [0.3, 0.4) is 0 Å². The van der Waals surface area contributed by atoms with Crippen LogP contribution in [0.1, 0.15) is 13.8 Å². The summed E-state index contributed by atoms with van der Waals surface area (Å²) in [7, 11) is 0. The van der Waals surface area contributed by atoms with Gasteiger partial charge in [-0.3, -0.25) is 0 Å². The van der Waals surface area contributed by atoms with Gasteiger partial charge in [-0.25, -0.2) is 0 Å². The predicted octanol–water partition coefficient (Wildman–Crippen LogP) is 5.80. The van der Waals surface area contributed by atoms with E-state index in [0.29, 0.717) is 0 Å². The molecule has 0 aliphatic heterocycles. The van der Waals surface area contributed by atoms with Gasteiger partial charge in [-0.1, -0.05) is 67.3 Å². The summed E-state index contributed by atoms with van der Waals surface area (Å²) >= 11 is 0. The molecule has 0 unspecified atom stereocenters. The first kappa shape index (κ1) is 14.9. The first-order valence-corrected chi connectivity index (χ1v) is 7.13. The number of hydrogen-bond donors (Lipinski definition) is 1. The first-order valence-electron chi connectivity index (χ1n) is 7.13. The maximum atomic E-state index is 3.80. The van der Waals surface area contributed by atoms with Crippen LogP contribution in [0, 0.1) is 0 Å². The van der Waals surface area contributed by atoms with Crippen LogP contribution in [0.5, 0.6) is 0 Å². The van der Waals surface area contributed by atoms with Gasteiger partial charge in [-0.15, -0.1) is 0 Å². The van der Waals surface area contributed by atoms with E-state index in [1.807, 2.05) is 32.1 Å². The van der Waals surface area contributed by atoms with Gasteiger partial charge in [0.1, 0.15) is 0 Å². The lowest BCUT2D eigenvalue weighted by Crippen LogP contribution is -1.99. The summed E-state index contributed by atoms with van der Waals surface area (Å²) < 4.78 is 0. The molecule has 1 nitrogen and oxygen atoms in total. The summed E-state index contributed by atoms with van der Waals surface area (Å²) in [5.74, 6) is 0. The molecule has 0 amide bonds. The Morgan fingerprint density at radius 3 is 2.33 bits per heavy atom. The zero-order valence-corrected chi connectivity index (χ0v) is 12.6. The molecule has 1 heteroatoms. The minimum Gasteiger partial charge on any atom is -0.355 e. The topological polar surface area (TPSA) is 12.0 Å². The normalized spacial score (nSPS) is 12.1. The molecule has 0 bridgehead atoms. The minimum absolute atomic E-state index is 1.07. The van der Waals surface area contributed by atoms with Crippen molar-refractivity contribution in [1.29, 1.82) is 0 Å². The van der Waals surface area contributed by atoms with Crippen molar-refractivity contribution in [3.63, 3.8) is 0 Å². The zero-order chi connectivity index (χ0) is 15.1. The van der Waals surface area contributed by atoms with Crippen molar-refractivity contribution in [2.24, 2.45) is 0 Å². The number of allylic oxidation sites excluding steroid dienone is 4. The lowest BCUT2D eigenvalue weighted by atomic mass is 10.0. The van der Waals surface area contributed by atoms with Gasteiger partial charge >= 0.3 is 0 Å². The first-order chi connectivity index (χ1) is 10.2. The minimum atomic E-state index is 1.07. The van der Waals surface area contributed by atoms with Crippen LogP contribution < -0.4 is 5.32 Å². The maximum Gasteiger partial charge on any atom is 0.0463 e. The van der Waals surface area contributed by atoms with E-state index in [4.69, 9.17) is 0 Å². The molecular weight excluding hydrogens is 254 g/mol. The van der Waals surface area contributed by atoms with E-state index < -0.39 is 0 Å². The molecule has 2 aromatic rings. The summed E-state index contributed by atoms with van der Waals surface area (Å²) in [5, 5.41) is 3.50. The molecule has 0 spiro atoms. The van der Waals surface area contributed by atoms with E-state index in [2.05, 4.69) is 66.5 Å². The Hall–Kier alpha value is -2.54. The van der Waals surface area contributed by atoms with Crippen molar-refractivity contribution in [2.75, 3.05) is 5.32 Å². The number of benzene rings is 2. The third kappa shape index (κ3) is 3.96. The second-order valence-electron chi connectivity index (χ2n) is 4.87. The predicted molar refractivity (Wildman–Crippen MR) is 93.2 cm³/mol. The Labute approximate surface area is 127 Å². The summed E-state index contributed by atoms with van der Waals surface area (Å²) in [6, 6.07) is 18.8. The third-order valence-corrected chi connectivity index (χ3v) is 3.31. The highest BCUT2D eigenvalue weighted by molar-refractivity contribution is 5.79. The van der Waals surface area contributed by atoms with Crippen LogP contribution in [-0.4, -0.2) is 0 Å². The van der Waals surface area contributed by atoms with Gasteiger partial charge < -0.3 is 5.32 Å². The molecule has 0 atom stereocenters. The van der Waals surface area contributed by atoms with E-state index >= 15 is 0 Å². The standard InChI is InChI=1S/C20H21N/c1-4-16(3)15-18(5-2)21-20-14-10-9-13-19(20)17-11-7-6-8-12-17/h4-15,21H,1H2,2-3H3/b16-15-,18-5+. The van der Waals surface area contributed by atoms with E-state index in [1.54, 1.807) is 0 Å². The number of anilines is 1. The average molecular weight is 275 g/mol. The van der Waals surface area contributed by atoms with E-state index in [1.165, 1.54) is 11.1 Å². The van der Waals surface area contributed by atoms with Gasteiger partial charge in [0.05, 0.1) is 0 Å². The van der Waals surface area contributed by atoms with Crippen LogP contribution >= 0.6 is 0 Å². The fourth-order valence-electron chi connectivity index (χ4n) is 2.11. The second kappa shape index (κ2) is 7.30. The van der Waals surface area contributed by atoms with Crippen molar-refractivity contribution in [3.05, 3.63) is 90.7 Å². The fraction of sp³-hybridized carbons (Fsp3) is 0.100. The smallest absolute Gasteiger partial charge is 0.0463 e. The highest BCUT2D eigenvalue weighted by Crippen LogP contribution is 2.28. The second-order valence-corrected chi connectivity index (χ2v) is 4.87. The zero-order valence-electron chi connectivity index (χ0n) is 12.6. The van der Waals surface area contributed by atoms with Crippen LogP contribution in [-0.2, 0) is 0 Å². The number of nitrogens with one attached hydrogen (secondary N) is 1. The Balaban J connectivity index is 2.35. The number of hydrogen-bond acceptors (Lipinski definition) is 1. The molecule has 0 saturated heterocycles. The lowest BCUT2D eigenvalue weighted by molar-refractivity contribution is 1.40. The van der Waals surface area contributed by atoms with Crippen molar-refractivity contribution >= 4 is 5.69 Å². The lowest BCUT2D eigenvalue weighted by Gasteiger charge is -2.13. The molecule has 2 aromatic carbocycles. The summed E-state index contributed by atoms with van der Waals surface area (Å²) in [5.41, 5.74) is 5.70. The molecule has 0 aliphatic carbocycles. The maximum absolute atomic E-state index is 3.80. The van der Waals surface area contributed by atoms with Crippen molar-refractivity contribution in [3.8, 4) is 11.1 Å². The summed E-state index contributed by atoms with van der Waals surface area (Å²) in [6.45, 7) is 7.87. The SMILES string of the molecule is C=C/C(C)=C\C(=C/C)Nc1ccccc1-c1ccccc1. The molecule has 0 aliphatic rings. The van der Waals surface area contributed by atoms with Crippen LogP contribution in [0.4, 0.5) is 5.69 Å². The fourth-order valence-corrected chi connectivity index (χ4v) is 2.11. The van der Waals surface area contributed by atoms with Crippen molar-refractivity contribution in [1.82, 2.24) is 0 Å². The molecule has 0 radical (unpaired) electrons. The van der Waals surface area contributed by atoms with Crippen LogP contribution in [0.15, 0.2) is 90.7 Å².